The standard InChI is InChI=1S/C15H14FN3S/c1-19(8-10-3-2-4-11(16)7-10)12-5-6-13-15(14(12)17)18-9-20-13/h2-7,9H,8,17H2,1H3. The van der Waals surface area contributed by atoms with Gasteiger partial charge in [0.25, 0.3) is 0 Å². The maximum Gasteiger partial charge on any atom is 0.123 e. The lowest BCUT2D eigenvalue weighted by molar-refractivity contribution is 0.625. The third-order valence-corrected chi connectivity index (χ3v) is 4.03. The van der Waals surface area contributed by atoms with Crippen molar-refractivity contribution in [3.63, 3.8) is 0 Å². The fourth-order valence-corrected chi connectivity index (χ4v) is 2.96. The highest BCUT2D eigenvalue weighted by molar-refractivity contribution is 7.16. The van der Waals surface area contributed by atoms with Gasteiger partial charge in [-0.05, 0) is 29.8 Å². The highest BCUT2D eigenvalue weighted by atomic mass is 32.1. The van der Waals surface area contributed by atoms with Gasteiger partial charge in [0.2, 0.25) is 0 Å². The van der Waals surface area contributed by atoms with Gasteiger partial charge in [-0.3, -0.25) is 0 Å². The number of nitrogens with two attached hydrogens (primary N) is 1. The quantitative estimate of drug-likeness (QED) is 0.748. The summed E-state index contributed by atoms with van der Waals surface area (Å²) in [5, 5.41) is 0. The number of nitrogens with zero attached hydrogens (tertiary/aromatic N) is 2. The Hall–Kier alpha value is -2.14. The van der Waals surface area contributed by atoms with E-state index in [0.29, 0.717) is 12.2 Å². The zero-order chi connectivity index (χ0) is 14.1. The van der Waals surface area contributed by atoms with E-state index in [1.165, 1.54) is 12.1 Å². The van der Waals surface area contributed by atoms with E-state index in [1.54, 1.807) is 22.9 Å². The van der Waals surface area contributed by atoms with Crippen LogP contribution in [0.3, 0.4) is 0 Å². The molecule has 0 aliphatic carbocycles. The summed E-state index contributed by atoms with van der Waals surface area (Å²) in [6.45, 7) is 0.595. The summed E-state index contributed by atoms with van der Waals surface area (Å²) in [6, 6.07) is 10.6. The van der Waals surface area contributed by atoms with Gasteiger partial charge < -0.3 is 10.6 Å². The third-order valence-electron chi connectivity index (χ3n) is 3.24. The molecule has 0 fully saturated rings. The van der Waals surface area contributed by atoms with E-state index < -0.39 is 0 Å². The lowest BCUT2D eigenvalue weighted by Gasteiger charge is -2.21. The van der Waals surface area contributed by atoms with Crippen molar-refractivity contribution >= 4 is 32.9 Å². The fraction of sp³-hybridized carbons (Fsp3) is 0.133. The van der Waals surface area contributed by atoms with Gasteiger partial charge in [0.05, 0.1) is 21.6 Å². The van der Waals surface area contributed by atoms with Crippen LogP contribution in [0.1, 0.15) is 5.56 Å². The Morgan fingerprint density at radius 3 is 2.95 bits per heavy atom. The van der Waals surface area contributed by atoms with E-state index in [-0.39, 0.29) is 5.82 Å². The second kappa shape index (κ2) is 5.09. The van der Waals surface area contributed by atoms with Gasteiger partial charge in [0.1, 0.15) is 11.3 Å². The van der Waals surface area contributed by atoms with Gasteiger partial charge in [-0.15, -0.1) is 11.3 Å². The molecule has 20 heavy (non-hydrogen) atoms. The SMILES string of the molecule is CN(Cc1cccc(F)c1)c1ccc2scnc2c1N. The maximum atomic E-state index is 13.2. The molecular formula is C15H14FN3S. The Balaban J connectivity index is 1.92. The second-order valence-corrected chi connectivity index (χ2v) is 5.57. The van der Waals surface area contributed by atoms with Crippen LogP contribution < -0.4 is 10.6 Å². The zero-order valence-electron chi connectivity index (χ0n) is 11.0. The lowest BCUT2D eigenvalue weighted by Crippen LogP contribution is -2.18. The molecule has 0 aliphatic rings. The summed E-state index contributed by atoms with van der Waals surface area (Å²) < 4.78 is 14.3. The summed E-state index contributed by atoms with van der Waals surface area (Å²) >= 11 is 1.57. The first-order valence-corrected chi connectivity index (χ1v) is 7.10. The first kappa shape index (κ1) is 12.9. The van der Waals surface area contributed by atoms with E-state index in [1.807, 2.05) is 30.1 Å². The van der Waals surface area contributed by atoms with Crippen molar-refractivity contribution in [1.82, 2.24) is 4.98 Å². The minimum absolute atomic E-state index is 0.223. The van der Waals surface area contributed by atoms with Crippen molar-refractivity contribution in [3.05, 3.63) is 53.3 Å². The van der Waals surface area contributed by atoms with E-state index in [4.69, 9.17) is 5.73 Å². The normalized spacial score (nSPS) is 10.9. The van der Waals surface area contributed by atoms with Gasteiger partial charge in [-0.1, -0.05) is 12.1 Å². The molecule has 0 aliphatic heterocycles. The Labute approximate surface area is 120 Å². The molecule has 2 aromatic carbocycles. The molecule has 3 aromatic rings. The minimum Gasteiger partial charge on any atom is -0.395 e. The number of hydrogen-bond donors (Lipinski definition) is 1. The number of thiazole rings is 1. The van der Waals surface area contributed by atoms with Gasteiger partial charge in [-0.25, -0.2) is 9.37 Å². The number of nitrogen functional groups attached to an aromatic ring is 1. The van der Waals surface area contributed by atoms with Gasteiger partial charge >= 0.3 is 0 Å². The van der Waals surface area contributed by atoms with Gasteiger partial charge in [-0.2, -0.15) is 0 Å². The largest absolute Gasteiger partial charge is 0.395 e. The molecule has 5 heteroatoms. The fourth-order valence-electron chi connectivity index (χ4n) is 2.27. The average molecular weight is 287 g/mol. The average Bonchev–Trinajstić information content (AvgIpc) is 2.88. The molecule has 0 atom stereocenters. The summed E-state index contributed by atoms with van der Waals surface area (Å²) in [6.07, 6.45) is 0. The third kappa shape index (κ3) is 2.32. The van der Waals surface area contributed by atoms with Crippen LogP contribution in [0.25, 0.3) is 10.2 Å². The van der Waals surface area contributed by atoms with Crippen LogP contribution in [0.2, 0.25) is 0 Å². The van der Waals surface area contributed by atoms with Crippen LogP contribution in [0, 0.1) is 5.82 Å². The Morgan fingerprint density at radius 2 is 2.15 bits per heavy atom. The van der Waals surface area contributed by atoms with Crippen molar-refractivity contribution in [2.75, 3.05) is 17.7 Å². The van der Waals surface area contributed by atoms with Crippen molar-refractivity contribution in [3.8, 4) is 0 Å². The zero-order valence-corrected chi connectivity index (χ0v) is 11.8. The monoisotopic (exact) mass is 287 g/mol. The molecule has 0 radical (unpaired) electrons. The Bertz CT molecular complexity index is 754. The van der Waals surface area contributed by atoms with Crippen LogP contribution in [0.15, 0.2) is 41.9 Å². The minimum atomic E-state index is -0.223. The Kier molecular flexibility index (Phi) is 3.28. The number of anilines is 2. The van der Waals surface area contributed by atoms with Crippen LogP contribution in [-0.2, 0) is 6.54 Å². The Morgan fingerprint density at radius 1 is 1.30 bits per heavy atom. The van der Waals surface area contributed by atoms with E-state index in [0.717, 1.165) is 21.5 Å². The summed E-state index contributed by atoms with van der Waals surface area (Å²) in [4.78, 5) is 6.29. The van der Waals surface area contributed by atoms with Crippen molar-refractivity contribution < 1.29 is 4.39 Å². The molecule has 1 heterocycles. The number of rotatable bonds is 3. The number of hydrogen-bond acceptors (Lipinski definition) is 4. The van der Waals surface area contributed by atoms with E-state index in [9.17, 15) is 4.39 Å². The van der Waals surface area contributed by atoms with E-state index in [2.05, 4.69) is 4.98 Å². The van der Waals surface area contributed by atoms with Crippen molar-refractivity contribution in [1.29, 1.82) is 0 Å². The molecule has 0 amide bonds. The number of halogens is 1. The molecule has 102 valence electrons. The first-order chi connectivity index (χ1) is 9.65. The smallest absolute Gasteiger partial charge is 0.123 e. The number of benzene rings is 2. The van der Waals surface area contributed by atoms with Crippen molar-refractivity contribution in [2.24, 2.45) is 0 Å². The van der Waals surface area contributed by atoms with Gasteiger partial charge in [0.15, 0.2) is 0 Å². The van der Waals surface area contributed by atoms with Gasteiger partial charge in [0, 0.05) is 13.6 Å². The topological polar surface area (TPSA) is 42.2 Å². The predicted molar refractivity (Wildman–Crippen MR) is 82.5 cm³/mol. The molecule has 1 aromatic heterocycles. The van der Waals surface area contributed by atoms with Crippen LogP contribution >= 0.6 is 11.3 Å². The summed E-state index contributed by atoms with van der Waals surface area (Å²) in [7, 11) is 1.94. The summed E-state index contributed by atoms with van der Waals surface area (Å²) in [5.74, 6) is -0.223. The molecule has 0 spiro atoms. The second-order valence-electron chi connectivity index (χ2n) is 4.68. The highest BCUT2D eigenvalue weighted by Gasteiger charge is 2.11. The van der Waals surface area contributed by atoms with Crippen molar-refractivity contribution in [2.45, 2.75) is 6.54 Å². The molecule has 0 bridgehead atoms. The molecule has 0 unspecified atom stereocenters. The summed E-state index contributed by atoms with van der Waals surface area (Å²) in [5.41, 5.74) is 11.3. The highest BCUT2D eigenvalue weighted by Crippen LogP contribution is 2.32. The molecular weight excluding hydrogens is 273 g/mol. The molecule has 3 rings (SSSR count). The van der Waals surface area contributed by atoms with Crippen LogP contribution in [0.5, 0.6) is 0 Å². The first-order valence-electron chi connectivity index (χ1n) is 6.22. The van der Waals surface area contributed by atoms with E-state index >= 15 is 0 Å². The number of aromatic nitrogens is 1. The van der Waals surface area contributed by atoms with Crippen LogP contribution in [-0.4, -0.2) is 12.0 Å². The molecule has 0 saturated carbocycles. The molecule has 3 nitrogen and oxygen atoms in total. The number of fused-ring (bicyclic) bond motifs is 1. The lowest BCUT2D eigenvalue weighted by atomic mass is 10.2. The molecule has 2 N–H and O–H groups in total. The van der Waals surface area contributed by atoms with Crippen LogP contribution in [0.4, 0.5) is 15.8 Å². The predicted octanol–water partition coefficient (Wildman–Crippen LogP) is 3.65. The maximum absolute atomic E-state index is 13.2. The molecule has 0 saturated heterocycles.